The van der Waals surface area contributed by atoms with E-state index in [1.165, 1.54) is 5.56 Å². The molecule has 0 bridgehead atoms. The third-order valence-corrected chi connectivity index (χ3v) is 2.40. The van der Waals surface area contributed by atoms with E-state index < -0.39 is 11.4 Å². The SMILES string of the molecule is CCc1ccc(OS(=O)O)c(CC)c1. The van der Waals surface area contributed by atoms with Crippen LogP contribution in [0.25, 0.3) is 0 Å². The molecule has 3 nitrogen and oxygen atoms in total. The average molecular weight is 214 g/mol. The van der Waals surface area contributed by atoms with Crippen molar-refractivity contribution in [1.29, 1.82) is 0 Å². The number of aryl methyl sites for hydroxylation is 2. The predicted octanol–water partition coefficient (Wildman–Crippen LogP) is 2.33. The zero-order valence-corrected chi connectivity index (χ0v) is 9.13. The quantitative estimate of drug-likeness (QED) is 0.782. The Labute approximate surface area is 86.6 Å². The molecule has 0 aliphatic carbocycles. The van der Waals surface area contributed by atoms with Crippen molar-refractivity contribution in [1.82, 2.24) is 0 Å². The van der Waals surface area contributed by atoms with E-state index in [1.807, 2.05) is 19.1 Å². The first-order valence-electron chi connectivity index (χ1n) is 4.58. The number of hydrogen-bond donors (Lipinski definition) is 1. The van der Waals surface area contributed by atoms with Gasteiger partial charge in [0.2, 0.25) is 0 Å². The van der Waals surface area contributed by atoms with Crippen LogP contribution in [-0.2, 0) is 24.2 Å². The van der Waals surface area contributed by atoms with Crippen molar-refractivity contribution in [2.24, 2.45) is 0 Å². The lowest BCUT2D eigenvalue weighted by atomic mass is 10.1. The number of hydrogen-bond acceptors (Lipinski definition) is 2. The van der Waals surface area contributed by atoms with Gasteiger partial charge in [0.25, 0.3) is 0 Å². The summed E-state index contributed by atoms with van der Waals surface area (Å²) in [5, 5.41) is 0. The highest BCUT2D eigenvalue weighted by molar-refractivity contribution is 7.74. The maximum absolute atomic E-state index is 10.5. The van der Waals surface area contributed by atoms with Crippen molar-refractivity contribution in [3.05, 3.63) is 29.3 Å². The minimum absolute atomic E-state index is 0.491. The van der Waals surface area contributed by atoms with E-state index in [1.54, 1.807) is 6.07 Å². The van der Waals surface area contributed by atoms with E-state index in [0.717, 1.165) is 18.4 Å². The van der Waals surface area contributed by atoms with Gasteiger partial charge in [-0.3, -0.25) is 4.55 Å². The van der Waals surface area contributed by atoms with E-state index in [9.17, 15) is 4.21 Å². The summed E-state index contributed by atoms with van der Waals surface area (Å²) >= 11 is -2.24. The third kappa shape index (κ3) is 2.82. The molecule has 0 amide bonds. The summed E-state index contributed by atoms with van der Waals surface area (Å²) in [4.78, 5) is 0. The monoisotopic (exact) mass is 214 g/mol. The van der Waals surface area contributed by atoms with Crippen molar-refractivity contribution < 1.29 is 12.9 Å². The molecule has 1 aromatic carbocycles. The van der Waals surface area contributed by atoms with E-state index in [2.05, 4.69) is 6.92 Å². The van der Waals surface area contributed by atoms with Gasteiger partial charge in [-0.1, -0.05) is 26.0 Å². The first kappa shape index (κ1) is 11.2. The second kappa shape index (κ2) is 5.12. The van der Waals surface area contributed by atoms with Crippen molar-refractivity contribution >= 4 is 11.4 Å². The Kier molecular flexibility index (Phi) is 4.10. The third-order valence-electron chi connectivity index (χ3n) is 2.08. The molecule has 0 aliphatic rings. The maximum Gasteiger partial charge on any atom is 0.357 e. The fourth-order valence-electron chi connectivity index (χ4n) is 1.29. The molecule has 1 aromatic rings. The van der Waals surface area contributed by atoms with Crippen molar-refractivity contribution in [3.63, 3.8) is 0 Å². The van der Waals surface area contributed by atoms with Crippen LogP contribution in [0.5, 0.6) is 5.75 Å². The summed E-state index contributed by atoms with van der Waals surface area (Å²) in [6.07, 6.45) is 1.75. The van der Waals surface area contributed by atoms with Crippen molar-refractivity contribution in [3.8, 4) is 5.75 Å². The molecule has 0 heterocycles. The molecular weight excluding hydrogens is 200 g/mol. The Morgan fingerprint density at radius 1 is 1.36 bits per heavy atom. The van der Waals surface area contributed by atoms with E-state index in [4.69, 9.17) is 8.74 Å². The summed E-state index contributed by atoms with van der Waals surface area (Å²) in [6.45, 7) is 4.06. The van der Waals surface area contributed by atoms with Crippen LogP contribution in [0.15, 0.2) is 18.2 Å². The molecule has 1 atom stereocenters. The molecule has 0 radical (unpaired) electrons. The highest BCUT2D eigenvalue weighted by Gasteiger charge is 2.05. The molecule has 0 aliphatic heterocycles. The zero-order valence-electron chi connectivity index (χ0n) is 8.32. The lowest BCUT2D eigenvalue weighted by Crippen LogP contribution is -2.00. The van der Waals surface area contributed by atoms with Gasteiger partial charge in [-0.05, 0) is 30.0 Å². The molecule has 1 rings (SSSR count). The lowest BCUT2D eigenvalue weighted by Gasteiger charge is -2.07. The van der Waals surface area contributed by atoms with Crippen LogP contribution in [0.3, 0.4) is 0 Å². The summed E-state index contributed by atoms with van der Waals surface area (Å²) in [7, 11) is 0. The molecule has 0 spiro atoms. The molecule has 0 fully saturated rings. The normalized spacial score (nSPS) is 12.5. The van der Waals surface area contributed by atoms with Crippen LogP contribution in [0, 0.1) is 0 Å². The van der Waals surface area contributed by atoms with Gasteiger partial charge in [-0.15, -0.1) is 0 Å². The zero-order chi connectivity index (χ0) is 10.6. The fourth-order valence-corrected chi connectivity index (χ4v) is 1.60. The van der Waals surface area contributed by atoms with Crippen LogP contribution < -0.4 is 4.18 Å². The van der Waals surface area contributed by atoms with Crippen molar-refractivity contribution in [2.75, 3.05) is 0 Å². The van der Waals surface area contributed by atoms with Gasteiger partial charge in [0, 0.05) is 0 Å². The summed E-state index contributed by atoms with van der Waals surface area (Å²) in [5.41, 5.74) is 2.17. The first-order valence-corrected chi connectivity index (χ1v) is 5.61. The van der Waals surface area contributed by atoms with Crippen LogP contribution >= 0.6 is 0 Å². The Morgan fingerprint density at radius 3 is 2.57 bits per heavy atom. The van der Waals surface area contributed by atoms with Gasteiger partial charge in [0.1, 0.15) is 5.75 Å². The van der Waals surface area contributed by atoms with Crippen LogP contribution in [-0.4, -0.2) is 8.76 Å². The molecular formula is C10H14O3S. The largest absolute Gasteiger partial charge is 0.380 e. The second-order valence-corrected chi connectivity index (χ2v) is 3.55. The van der Waals surface area contributed by atoms with Gasteiger partial charge < -0.3 is 4.18 Å². The Hall–Kier alpha value is -0.870. The Bertz CT molecular complexity index is 336. The minimum Gasteiger partial charge on any atom is -0.380 e. The topological polar surface area (TPSA) is 46.5 Å². The Balaban J connectivity index is 2.98. The average Bonchev–Trinajstić information content (AvgIpc) is 2.17. The second-order valence-electron chi connectivity index (χ2n) is 2.95. The fraction of sp³-hybridized carbons (Fsp3) is 0.400. The number of rotatable bonds is 4. The maximum atomic E-state index is 10.5. The van der Waals surface area contributed by atoms with Gasteiger partial charge in [-0.25, -0.2) is 0 Å². The van der Waals surface area contributed by atoms with Gasteiger partial charge in [0.15, 0.2) is 0 Å². The molecule has 1 unspecified atom stereocenters. The summed E-state index contributed by atoms with van der Waals surface area (Å²) < 4.78 is 23.8. The van der Waals surface area contributed by atoms with Crippen molar-refractivity contribution in [2.45, 2.75) is 26.7 Å². The molecule has 14 heavy (non-hydrogen) atoms. The summed E-state index contributed by atoms with van der Waals surface area (Å²) in [5.74, 6) is 0.491. The molecule has 0 saturated carbocycles. The molecule has 0 aromatic heterocycles. The van der Waals surface area contributed by atoms with E-state index >= 15 is 0 Å². The van der Waals surface area contributed by atoms with Crippen LogP contribution in [0.2, 0.25) is 0 Å². The summed E-state index contributed by atoms with van der Waals surface area (Å²) in [6, 6.07) is 5.65. The smallest absolute Gasteiger partial charge is 0.357 e. The number of benzene rings is 1. The molecule has 0 saturated heterocycles. The van der Waals surface area contributed by atoms with Gasteiger partial charge in [0.05, 0.1) is 0 Å². The molecule has 1 N–H and O–H groups in total. The van der Waals surface area contributed by atoms with Gasteiger partial charge in [-0.2, -0.15) is 4.21 Å². The lowest BCUT2D eigenvalue weighted by molar-refractivity contribution is 0.455. The molecule has 4 heteroatoms. The van der Waals surface area contributed by atoms with Crippen LogP contribution in [0.4, 0.5) is 0 Å². The standard InChI is InChI=1S/C10H14O3S/c1-3-8-5-6-10(13-14(11)12)9(4-2)7-8/h5-7H,3-4H2,1-2H3,(H,11,12). The predicted molar refractivity (Wildman–Crippen MR) is 56.6 cm³/mol. The Morgan fingerprint density at radius 2 is 2.07 bits per heavy atom. The highest BCUT2D eigenvalue weighted by Crippen LogP contribution is 2.21. The molecule has 78 valence electrons. The van der Waals surface area contributed by atoms with Crippen LogP contribution in [0.1, 0.15) is 25.0 Å². The van der Waals surface area contributed by atoms with E-state index in [0.29, 0.717) is 5.75 Å². The first-order chi connectivity index (χ1) is 6.67. The minimum atomic E-state index is -2.24. The van der Waals surface area contributed by atoms with Gasteiger partial charge >= 0.3 is 11.4 Å². The highest BCUT2D eigenvalue weighted by atomic mass is 32.2. The van der Waals surface area contributed by atoms with E-state index in [-0.39, 0.29) is 0 Å².